The molecule has 0 amide bonds. The predicted octanol–water partition coefficient (Wildman–Crippen LogP) is 4.21. The number of carbonyl (C=O) groups excluding carboxylic acids is 2. The smallest absolute Gasteiger partial charge is 0.306 e. The summed E-state index contributed by atoms with van der Waals surface area (Å²) in [7, 11) is 0. The zero-order valence-corrected chi connectivity index (χ0v) is 17.5. The van der Waals surface area contributed by atoms with E-state index < -0.39 is 5.97 Å². The fourth-order valence-corrected chi connectivity index (χ4v) is 3.23. The van der Waals surface area contributed by atoms with Gasteiger partial charge in [0.1, 0.15) is 5.69 Å². The second-order valence-corrected chi connectivity index (χ2v) is 7.38. The molecule has 156 valence electrons. The van der Waals surface area contributed by atoms with Crippen LogP contribution in [-0.2, 0) is 22.5 Å². The number of unbranched alkanes of at least 4 members (excludes halogenated alkanes) is 1. The van der Waals surface area contributed by atoms with Crippen LogP contribution in [0.15, 0.2) is 53.3 Å². The van der Waals surface area contributed by atoms with E-state index in [9.17, 15) is 14.4 Å². The first-order chi connectivity index (χ1) is 14.5. The van der Waals surface area contributed by atoms with Gasteiger partial charge in [-0.1, -0.05) is 37.1 Å². The molecule has 3 aromatic rings. The number of fused-ring (bicyclic) bond motifs is 1. The first kappa shape index (κ1) is 21.7. The van der Waals surface area contributed by atoms with Crippen molar-refractivity contribution in [3.8, 4) is 0 Å². The molecule has 0 aliphatic heterocycles. The van der Waals surface area contributed by atoms with Crippen LogP contribution < -0.4 is 5.56 Å². The van der Waals surface area contributed by atoms with E-state index in [2.05, 4.69) is 11.9 Å². The Morgan fingerprint density at radius 1 is 1.10 bits per heavy atom. The van der Waals surface area contributed by atoms with Crippen LogP contribution in [0.25, 0.3) is 11.0 Å². The molecule has 0 aliphatic rings. The minimum absolute atomic E-state index is 0.0255. The number of nitrogens with zero attached hydrogens (tertiary/aromatic N) is 2. The topological polar surface area (TPSA) is 78.3 Å². The van der Waals surface area contributed by atoms with E-state index in [1.54, 1.807) is 28.8 Å². The van der Waals surface area contributed by atoms with Crippen LogP contribution in [0.2, 0.25) is 5.02 Å². The van der Waals surface area contributed by atoms with Gasteiger partial charge in [-0.2, -0.15) is 0 Å². The summed E-state index contributed by atoms with van der Waals surface area (Å²) in [6.07, 6.45) is 1.97. The molecule has 0 unspecified atom stereocenters. The molecule has 0 spiro atoms. The molecule has 30 heavy (non-hydrogen) atoms. The van der Waals surface area contributed by atoms with E-state index >= 15 is 0 Å². The molecule has 0 saturated carbocycles. The zero-order valence-electron chi connectivity index (χ0n) is 16.8. The van der Waals surface area contributed by atoms with Crippen LogP contribution in [-0.4, -0.2) is 27.9 Å². The van der Waals surface area contributed by atoms with Gasteiger partial charge in [-0.25, -0.2) is 4.98 Å². The minimum atomic E-state index is -0.549. The van der Waals surface area contributed by atoms with Gasteiger partial charge < -0.3 is 9.30 Å². The third-order valence-electron chi connectivity index (χ3n) is 4.75. The van der Waals surface area contributed by atoms with Gasteiger partial charge in [-0.3, -0.25) is 14.4 Å². The van der Waals surface area contributed by atoms with Crippen molar-refractivity contribution < 1.29 is 14.3 Å². The van der Waals surface area contributed by atoms with Gasteiger partial charge in [0.15, 0.2) is 12.4 Å². The molecule has 0 radical (unpaired) electrons. The number of aryl methyl sites for hydroxylation is 2. The molecule has 0 aliphatic carbocycles. The van der Waals surface area contributed by atoms with Crippen molar-refractivity contribution in [3.63, 3.8) is 0 Å². The van der Waals surface area contributed by atoms with Crippen LogP contribution >= 0.6 is 11.6 Å². The van der Waals surface area contributed by atoms with Crippen molar-refractivity contribution in [2.24, 2.45) is 0 Å². The van der Waals surface area contributed by atoms with Gasteiger partial charge in [0, 0.05) is 23.6 Å². The summed E-state index contributed by atoms with van der Waals surface area (Å²) in [5.74, 6) is -0.863. The SMILES string of the molecule is CCCCn1c(=O)c(CCC(=O)OCC(=O)c2ccc(Cl)cc2)nc2ccccc21. The maximum absolute atomic E-state index is 12.9. The van der Waals surface area contributed by atoms with Gasteiger partial charge in [-0.05, 0) is 42.8 Å². The molecule has 2 aromatic carbocycles. The Kier molecular flexibility index (Phi) is 7.36. The third kappa shape index (κ3) is 5.33. The van der Waals surface area contributed by atoms with Crippen LogP contribution in [0, 0.1) is 0 Å². The number of esters is 1. The Bertz CT molecular complexity index is 1110. The number of benzene rings is 2. The summed E-state index contributed by atoms with van der Waals surface area (Å²) in [6, 6.07) is 13.8. The second-order valence-electron chi connectivity index (χ2n) is 6.95. The summed E-state index contributed by atoms with van der Waals surface area (Å²) in [4.78, 5) is 41.5. The highest BCUT2D eigenvalue weighted by atomic mass is 35.5. The van der Waals surface area contributed by atoms with Gasteiger partial charge in [0.05, 0.1) is 17.5 Å². The molecule has 3 rings (SSSR count). The highest BCUT2D eigenvalue weighted by Gasteiger charge is 2.14. The average Bonchev–Trinajstić information content (AvgIpc) is 2.76. The number of halogens is 1. The Morgan fingerprint density at radius 2 is 1.83 bits per heavy atom. The normalized spacial score (nSPS) is 10.9. The summed E-state index contributed by atoms with van der Waals surface area (Å²) in [5.41, 5.74) is 2.06. The minimum Gasteiger partial charge on any atom is -0.457 e. The van der Waals surface area contributed by atoms with Crippen molar-refractivity contribution in [2.75, 3.05) is 6.61 Å². The molecule has 0 fully saturated rings. The van der Waals surface area contributed by atoms with E-state index in [0.29, 0.717) is 22.8 Å². The first-order valence-electron chi connectivity index (χ1n) is 9.92. The molecule has 6 nitrogen and oxygen atoms in total. The van der Waals surface area contributed by atoms with Crippen molar-refractivity contribution >= 4 is 34.4 Å². The summed E-state index contributed by atoms with van der Waals surface area (Å²) in [6.45, 7) is 2.31. The molecule has 0 bridgehead atoms. The molecular formula is C23H23ClN2O4. The maximum atomic E-state index is 12.9. The highest BCUT2D eigenvalue weighted by molar-refractivity contribution is 6.30. The van der Waals surface area contributed by atoms with Gasteiger partial charge >= 0.3 is 5.97 Å². The maximum Gasteiger partial charge on any atom is 0.306 e. The zero-order chi connectivity index (χ0) is 21.5. The van der Waals surface area contributed by atoms with E-state index in [4.69, 9.17) is 16.3 Å². The Morgan fingerprint density at radius 3 is 2.57 bits per heavy atom. The summed E-state index contributed by atoms with van der Waals surface area (Å²) >= 11 is 5.80. The van der Waals surface area contributed by atoms with E-state index in [0.717, 1.165) is 23.9 Å². The Balaban J connectivity index is 1.65. The molecule has 1 heterocycles. The standard InChI is InChI=1S/C23H23ClN2O4/c1-2-3-14-26-20-7-5-4-6-18(20)25-19(23(26)29)12-13-22(28)30-15-21(27)16-8-10-17(24)11-9-16/h4-11H,2-3,12-15H2,1H3. The lowest BCUT2D eigenvalue weighted by Gasteiger charge is -2.12. The Hall–Kier alpha value is -2.99. The summed E-state index contributed by atoms with van der Waals surface area (Å²) < 4.78 is 6.79. The van der Waals surface area contributed by atoms with Crippen LogP contribution in [0.1, 0.15) is 42.2 Å². The lowest BCUT2D eigenvalue weighted by Crippen LogP contribution is -2.26. The van der Waals surface area contributed by atoms with Crippen molar-refractivity contribution in [2.45, 2.75) is 39.2 Å². The van der Waals surface area contributed by atoms with Gasteiger partial charge in [0.25, 0.3) is 5.56 Å². The Labute approximate surface area is 179 Å². The molecule has 7 heteroatoms. The number of hydrogen-bond acceptors (Lipinski definition) is 5. The van der Waals surface area contributed by atoms with Gasteiger partial charge in [-0.15, -0.1) is 0 Å². The number of para-hydroxylation sites is 2. The quantitative estimate of drug-likeness (QED) is 0.378. The van der Waals surface area contributed by atoms with E-state index in [1.807, 2.05) is 24.3 Å². The van der Waals surface area contributed by atoms with E-state index in [-0.39, 0.29) is 30.8 Å². The number of hydrogen-bond donors (Lipinski definition) is 0. The second kappa shape index (κ2) is 10.2. The van der Waals surface area contributed by atoms with Crippen LogP contribution in [0.3, 0.4) is 0 Å². The van der Waals surface area contributed by atoms with Crippen molar-refractivity contribution in [3.05, 3.63) is 75.2 Å². The monoisotopic (exact) mass is 426 g/mol. The number of Topliss-reactive ketones (excluding diaryl/α,β-unsaturated/α-hetero) is 1. The molecule has 1 aromatic heterocycles. The number of carbonyl (C=O) groups is 2. The molecule has 0 atom stereocenters. The van der Waals surface area contributed by atoms with Crippen molar-refractivity contribution in [1.82, 2.24) is 9.55 Å². The highest BCUT2D eigenvalue weighted by Crippen LogP contribution is 2.13. The van der Waals surface area contributed by atoms with Crippen molar-refractivity contribution in [1.29, 1.82) is 0 Å². The van der Waals surface area contributed by atoms with E-state index in [1.165, 1.54) is 0 Å². The summed E-state index contributed by atoms with van der Waals surface area (Å²) in [5, 5.41) is 0.524. The lowest BCUT2D eigenvalue weighted by molar-refractivity contribution is -0.142. The number of aromatic nitrogens is 2. The average molecular weight is 427 g/mol. The third-order valence-corrected chi connectivity index (χ3v) is 5.00. The predicted molar refractivity (Wildman–Crippen MR) is 116 cm³/mol. The molecule has 0 N–H and O–H groups in total. The largest absolute Gasteiger partial charge is 0.457 e. The number of ether oxygens (including phenoxy) is 1. The van der Waals surface area contributed by atoms with Gasteiger partial charge in [0.2, 0.25) is 0 Å². The lowest BCUT2D eigenvalue weighted by atomic mass is 10.1. The first-order valence-corrected chi connectivity index (χ1v) is 10.3. The number of rotatable bonds is 9. The number of ketones is 1. The van der Waals surface area contributed by atoms with Crippen LogP contribution in [0.5, 0.6) is 0 Å². The fraction of sp³-hybridized carbons (Fsp3) is 0.304. The fourth-order valence-electron chi connectivity index (χ4n) is 3.10. The molecule has 0 saturated heterocycles. The van der Waals surface area contributed by atoms with Crippen LogP contribution in [0.4, 0.5) is 0 Å². The molecular weight excluding hydrogens is 404 g/mol.